The Morgan fingerprint density at radius 2 is 2.33 bits per heavy atom. The molecule has 1 amide bonds. The number of hydrazine groups is 1. The SMILES string of the molecule is CO/N=C1\CCCc2c(C(=O)NN)sc(SC)c21. The summed E-state index contributed by atoms with van der Waals surface area (Å²) in [6.07, 6.45) is 4.74. The minimum atomic E-state index is -0.227. The van der Waals surface area contributed by atoms with E-state index in [0.29, 0.717) is 4.88 Å². The summed E-state index contributed by atoms with van der Waals surface area (Å²) in [6.45, 7) is 0. The number of fused-ring (bicyclic) bond motifs is 1. The number of thioether (sulfide) groups is 1. The molecular formula is C11H15N3O2S2. The first-order valence-electron chi connectivity index (χ1n) is 5.53. The van der Waals surface area contributed by atoms with Crippen molar-refractivity contribution >= 4 is 34.7 Å². The molecule has 0 aliphatic heterocycles. The van der Waals surface area contributed by atoms with Crippen molar-refractivity contribution in [3.63, 3.8) is 0 Å². The number of nitrogens with two attached hydrogens (primary N) is 1. The molecule has 1 aliphatic rings. The largest absolute Gasteiger partial charge is 0.399 e. The zero-order valence-electron chi connectivity index (χ0n) is 10.3. The molecule has 1 aromatic rings. The van der Waals surface area contributed by atoms with Crippen LogP contribution in [0.5, 0.6) is 0 Å². The van der Waals surface area contributed by atoms with Crippen molar-refractivity contribution in [2.45, 2.75) is 23.5 Å². The van der Waals surface area contributed by atoms with E-state index < -0.39 is 0 Å². The number of oxime groups is 1. The molecule has 2 rings (SSSR count). The fourth-order valence-electron chi connectivity index (χ4n) is 2.12. The van der Waals surface area contributed by atoms with Gasteiger partial charge in [0, 0.05) is 5.56 Å². The van der Waals surface area contributed by atoms with Gasteiger partial charge in [-0.15, -0.1) is 23.1 Å². The van der Waals surface area contributed by atoms with Crippen LogP contribution in [0.1, 0.15) is 33.6 Å². The number of rotatable bonds is 3. The van der Waals surface area contributed by atoms with E-state index >= 15 is 0 Å². The number of thiophene rings is 1. The molecule has 1 heterocycles. The smallest absolute Gasteiger partial charge is 0.275 e. The van der Waals surface area contributed by atoms with E-state index in [2.05, 4.69) is 10.6 Å². The highest BCUT2D eigenvalue weighted by molar-refractivity contribution is 8.00. The van der Waals surface area contributed by atoms with Gasteiger partial charge in [-0.05, 0) is 31.1 Å². The van der Waals surface area contributed by atoms with E-state index in [1.54, 1.807) is 18.9 Å². The van der Waals surface area contributed by atoms with E-state index in [1.807, 2.05) is 6.26 Å². The number of amides is 1. The van der Waals surface area contributed by atoms with Gasteiger partial charge in [0.25, 0.3) is 5.91 Å². The second kappa shape index (κ2) is 5.73. The molecule has 0 saturated carbocycles. The lowest BCUT2D eigenvalue weighted by atomic mass is 9.92. The maximum Gasteiger partial charge on any atom is 0.275 e. The summed E-state index contributed by atoms with van der Waals surface area (Å²) in [5, 5.41) is 4.08. The van der Waals surface area contributed by atoms with Gasteiger partial charge in [0.05, 0.1) is 14.8 Å². The zero-order valence-corrected chi connectivity index (χ0v) is 11.9. The van der Waals surface area contributed by atoms with Gasteiger partial charge in [-0.3, -0.25) is 10.2 Å². The van der Waals surface area contributed by atoms with Gasteiger partial charge < -0.3 is 4.84 Å². The van der Waals surface area contributed by atoms with E-state index in [0.717, 1.165) is 40.3 Å². The van der Waals surface area contributed by atoms with Crippen molar-refractivity contribution in [3.8, 4) is 0 Å². The van der Waals surface area contributed by atoms with Gasteiger partial charge in [0.2, 0.25) is 0 Å². The summed E-state index contributed by atoms with van der Waals surface area (Å²) in [5.74, 6) is 5.00. The van der Waals surface area contributed by atoms with Crippen LogP contribution in [0.2, 0.25) is 0 Å². The van der Waals surface area contributed by atoms with Crippen LogP contribution in [0.15, 0.2) is 9.36 Å². The van der Waals surface area contributed by atoms with Crippen molar-refractivity contribution in [3.05, 3.63) is 16.0 Å². The summed E-state index contributed by atoms with van der Waals surface area (Å²) >= 11 is 3.10. The molecule has 1 aromatic heterocycles. The van der Waals surface area contributed by atoms with E-state index in [1.165, 1.54) is 11.3 Å². The molecule has 7 heteroatoms. The highest BCUT2D eigenvalue weighted by Gasteiger charge is 2.28. The molecule has 0 unspecified atom stereocenters. The fourth-order valence-corrected chi connectivity index (χ4v) is 4.16. The molecule has 18 heavy (non-hydrogen) atoms. The summed E-state index contributed by atoms with van der Waals surface area (Å²) < 4.78 is 1.10. The Morgan fingerprint density at radius 1 is 1.56 bits per heavy atom. The predicted molar refractivity (Wildman–Crippen MR) is 74.2 cm³/mol. The van der Waals surface area contributed by atoms with Crippen LogP contribution in [0.4, 0.5) is 0 Å². The molecule has 5 nitrogen and oxygen atoms in total. The average Bonchev–Trinajstić information content (AvgIpc) is 2.78. The summed E-state index contributed by atoms with van der Waals surface area (Å²) in [5.41, 5.74) is 5.25. The molecule has 0 saturated heterocycles. The second-order valence-electron chi connectivity index (χ2n) is 3.82. The summed E-state index contributed by atoms with van der Waals surface area (Å²) in [7, 11) is 1.54. The number of nitrogens with one attached hydrogen (secondary N) is 1. The van der Waals surface area contributed by atoms with Crippen molar-refractivity contribution < 1.29 is 9.63 Å². The number of hydrogen-bond acceptors (Lipinski definition) is 6. The predicted octanol–water partition coefficient (Wildman–Crippen LogP) is 1.76. The monoisotopic (exact) mass is 285 g/mol. The molecule has 0 aromatic carbocycles. The molecule has 0 atom stereocenters. The van der Waals surface area contributed by atoms with Gasteiger partial charge in [-0.1, -0.05) is 5.16 Å². The van der Waals surface area contributed by atoms with Gasteiger partial charge in [-0.25, -0.2) is 5.84 Å². The summed E-state index contributed by atoms with van der Waals surface area (Å²) in [4.78, 5) is 17.4. The van der Waals surface area contributed by atoms with Crippen LogP contribution in [0.3, 0.4) is 0 Å². The average molecular weight is 285 g/mol. The fraction of sp³-hybridized carbons (Fsp3) is 0.455. The van der Waals surface area contributed by atoms with Gasteiger partial charge >= 0.3 is 0 Å². The molecule has 0 fully saturated rings. The van der Waals surface area contributed by atoms with Gasteiger partial charge in [0.15, 0.2) is 0 Å². The van der Waals surface area contributed by atoms with Crippen molar-refractivity contribution in [1.82, 2.24) is 5.43 Å². The Balaban J connectivity index is 2.56. The van der Waals surface area contributed by atoms with Gasteiger partial charge in [-0.2, -0.15) is 0 Å². The molecule has 0 bridgehead atoms. The number of carbonyl (C=O) groups is 1. The second-order valence-corrected chi connectivity index (χ2v) is 5.92. The lowest BCUT2D eigenvalue weighted by molar-refractivity contribution is 0.0957. The first-order chi connectivity index (χ1) is 8.72. The van der Waals surface area contributed by atoms with E-state index in [-0.39, 0.29) is 5.91 Å². The highest BCUT2D eigenvalue weighted by atomic mass is 32.2. The minimum Gasteiger partial charge on any atom is -0.399 e. The third kappa shape index (κ3) is 2.25. The van der Waals surface area contributed by atoms with Crippen LogP contribution in [0.25, 0.3) is 0 Å². The van der Waals surface area contributed by atoms with Crippen LogP contribution >= 0.6 is 23.1 Å². The lowest BCUT2D eigenvalue weighted by Crippen LogP contribution is -2.30. The Hall–Kier alpha value is -1.05. The molecule has 1 aliphatic carbocycles. The third-order valence-electron chi connectivity index (χ3n) is 2.83. The third-order valence-corrected chi connectivity index (χ3v) is 5.18. The van der Waals surface area contributed by atoms with Crippen molar-refractivity contribution in [2.75, 3.05) is 13.4 Å². The molecule has 98 valence electrons. The zero-order chi connectivity index (χ0) is 13.1. The summed E-state index contributed by atoms with van der Waals surface area (Å²) in [6, 6.07) is 0. The maximum absolute atomic E-state index is 11.8. The van der Waals surface area contributed by atoms with Crippen LogP contribution in [-0.2, 0) is 11.3 Å². The molecular weight excluding hydrogens is 270 g/mol. The Morgan fingerprint density at radius 3 is 2.94 bits per heavy atom. The maximum atomic E-state index is 11.8. The van der Waals surface area contributed by atoms with E-state index in [9.17, 15) is 4.79 Å². The number of carbonyl (C=O) groups excluding carboxylic acids is 1. The van der Waals surface area contributed by atoms with Crippen LogP contribution < -0.4 is 11.3 Å². The van der Waals surface area contributed by atoms with Crippen molar-refractivity contribution in [2.24, 2.45) is 11.0 Å². The normalized spacial score (nSPS) is 16.5. The lowest BCUT2D eigenvalue weighted by Gasteiger charge is -2.15. The van der Waals surface area contributed by atoms with E-state index in [4.69, 9.17) is 10.7 Å². The number of nitrogens with zero attached hydrogens (tertiary/aromatic N) is 1. The minimum absolute atomic E-state index is 0.227. The Labute approximate surface area is 114 Å². The first kappa shape index (κ1) is 13.4. The molecule has 3 N–H and O–H groups in total. The first-order valence-corrected chi connectivity index (χ1v) is 7.58. The van der Waals surface area contributed by atoms with Gasteiger partial charge in [0.1, 0.15) is 7.11 Å². The number of hydrogen-bond donors (Lipinski definition) is 2. The Bertz CT molecular complexity index is 497. The standard InChI is InChI=1S/C11H15N3O2S2/c1-16-14-7-5-3-4-6-8(7)11(17-2)18-9(6)10(15)13-12/h3-5,12H2,1-2H3,(H,13,15)/b14-7+. The topological polar surface area (TPSA) is 76.7 Å². The quantitative estimate of drug-likeness (QED) is 0.384. The molecule has 0 spiro atoms. The Kier molecular flexibility index (Phi) is 4.26. The highest BCUT2D eigenvalue weighted by Crippen LogP contribution is 2.39. The van der Waals surface area contributed by atoms with Crippen LogP contribution in [0, 0.1) is 0 Å². The molecule has 0 radical (unpaired) electrons. The van der Waals surface area contributed by atoms with Crippen molar-refractivity contribution in [1.29, 1.82) is 0 Å². The van der Waals surface area contributed by atoms with Crippen LogP contribution in [-0.4, -0.2) is 25.0 Å². The number of nitrogen functional groups attached to an aromatic ring is 1.